The summed E-state index contributed by atoms with van der Waals surface area (Å²) in [6, 6.07) is 8.11. The molecule has 2 N–H and O–H groups in total. The Labute approximate surface area is 123 Å². The molecule has 1 aromatic carbocycles. The number of carboxylic acids is 1. The van der Waals surface area contributed by atoms with Gasteiger partial charge in [-0.3, -0.25) is 0 Å². The number of furan rings is 1. The maximum atomic E-state index is 11.4. The molecule has 1 aromatic heterocycles. The van der Waals surface area contributed by atoms with Gasteiger partial charge in [-0.05, 0) is 43.6 Å². The molecule has 0 unspecified atom stereocenters. The number of hydrogen-bond acceptors (Lipinski definition) is 3. The van der Waals surface area contributed by atoms with Gasteiger partial charge in [0, 0.05) is 23.5 Å². The number of carbonyl (C=O) groups is 1. The van der Waals surface area contributed by atoms with Crippen molar-refractivity contribution in [3.63, 3.8) is 0 Å². The Balaban J connectivity index is 1.62. The van der Waals surface area contributed by atoms with Gasteiger partial charge in [0.2, 0.25) is 5.76 Å². The highest BCUT2D eigenvalue weighted by molar-refractivity contribution is 5.95. The van der Waals surface area contributed by atoms with E-state index in [1.165, 1.54) is 25.7 Å². The third kappa shape index (κ3) is 2.44. The Morgan fingerprint density at radius 3 is 2.52 bits per heavy atom. The molecule has 21 heavy (non-hydrogen) atoms. The molecule has 2 fully saturated rings. The third-order valence-electron chi connectivity index (χ3n) is 4.67. The lowest BCUT2D eigenvalue weighted by Crippen LogP contribution is -2.32. The quantitative estimate of drug-likeness (QED) is 0.853. The number of carboxylic acid groups (broad SMARTS) is 1. The van der Waals surface area contributed by atoms with E-state index in [0.29, 0.717) is 18.2 Å². The van der Waals surface area contributed by atoms with Gasteiger partial charge >= 0.3 is 5.97 Å². The van der Waals surface area contributed by atoms with Gasteiger partial charge in [-0.2, -0.15) is 0 Å². The van der Waals surface area contributed by atoms with Crippen LogP contribution in [-0.4, -0.2) is 17.1 Å². The summed E-state index contributed by atoms with van der Waals surface area (Å²) in [4.78, 5) is 11.4. The van der Waals surface area contributed by atoms with Crippen LogP contribution >= 0.6 is 0 Å². The summed E-state index contributed by atoms with van der Waals surface area (Å²) in [6.45, 7) is 0.580. The molecule has 0 spiro atoms. The second-order valence-electron chi connectivity index (χ2n) is 6.29. The van der Waals surface area contributed by atoms with Crippen molar-refractivity contribution in [2.75, 3.05) is 0 Å². The molecule has 2 saturated carbocycles. The van der Waals surface area contributed by atoms with Crippen molar-refractivity contribution in [1.29, 1.82) is 0 Å². The number of nitrogens with one attached hydrogen (secondary N) is 1. The maximum absolute atomic E-state index is 11.4. The van der Waals surface area contributed by atoms with Gasteiger partial charge in [0.1, 0.15) is 5.58 Å². The monoisotopic (exact) mass is 285 g/mol. The van der Waals surface area contributed by atoms with Crippen molar-refractivity contribution in [3.05, 3.63) is 35.6 Å². The second kappa shape index (κ2) is 4.88. The van der Waals surface area contributed by atoms with Crippen LogP contribution < -0.4 is 5.32 Å². The van der Waals surface area contributed by atoms with Gasteiger partial charge in [-0.15, -0.1) is 0 Å². The van der Waals surface area contributed by atoms with Gasteiger partial charge in [-0.25, -0.2) is 4.79 Å². The fourth-order valence-corrected chi connectivity index (χ4v) is 3.30. The number of hydrogen-bond donors (Lipinski definition) is 2. The van der Waals surface area contributed by atoms with Crippen molar-refractivity contribution in [2.24, 2.45) is 11.8 Å². The van der Waals surface area contributed by atoms with Gasteiger partial charge in [0.25, 0.3) is 0 Å². The summed E-state index contributed by atoms with van der Waals surface area (Å²) >= 11 is 0. The van der Waals surface area contributed by atoms with E-state index >= 15 is 0 Å². The maximum Gasteiger partial charge on any atom is 0.372 e. The molecule has 2 aliphatic rings. The third-order valence-corrected chi connectivity index (χ3v) is 4.67. The van der Waals surface area contributed by atoms with Crippen LogP contribution in [0, 0.1) is 11.8 Å². The van der Waals surface area contributed by atoms with E-state index in [4.69, 9.17) is 4.42 Å². The molecule has 0 amide bonds. The lowest BCUT2D eigenvalue weighted by molar-refractivity contribution is 0.0663. The van der Waals surface area contributed by atoms with Gasteiger partial charge < -0.3 is 14.8 Å². The van der Waals surface area contributed by atoms with Crippen LogP contribution in [-0.2, 0) is 6.54 Å². The van der Waals surface area contributed by atoms with Crippen LogP contribution in [0.5, 0.6) is 0 Å². The van der Waals surface area contributed by atoms with Crippen molar-refractivity contribution in [2.45, 2.75) is 38.3 Å². The SMILES string of the molecule is O=C(O)c1oc2ccccc2c1CNC(C1CC1)C1CC1. The molecular formula is C17H19NO3. The standard InChI is InChI=1S/C17H19NO3/c19-17(20)16-13(12-3-1-2-4-14(12)21-16)9-18-15(10-5-6-10)11-7-8-11/h1-4,10-11,15,18H,5-9H2,(H,19,20). The van der Waals surface area contributed by atoms with Crippen LogP contribution in [0.3, 0.4) is 0 Å². The minimum atomic E-state index is -0.989. The number of fused-ring (bicyclic) bond motifs is 1. The molecule has 2 aromatic rings. The molecule has 0 bridgehead atoms. The van der Waals surface area contributed by atoms with Crippen molar-refractivity contribution in [1.82, 2.24) is 5.32 Å². The molecule has 4 heteroatoms. The van der Waals surface area contributed by atoms with E-state index in [0.717, 1.165) is 22.8 Å². The lowest BCUT2D eigenvalue weighted by atomic mass is 10.1. The summed E-state index contributed by atoms with van der Waals surface area (Å²) in [5.74, 6) is 0.680. The van der Waals surface area contributed by atoms with Gasteiger partial charge in [0.05, 0.1) is 0 Å². The molecule has 110 valence electrons. The largest absolute Gasteiger partial charge is 0.475 e. The molecule has 0 saturated heterocycles. The Hall–Kier alpha value is -1.81. The molecule has 4 nitrogen and oxygen atoms in total. The average molecular weight is 285 g/mol. The Bertz CT molecular complexity index is 670. The van der Waals surface area contributed by atoms with Crippen molar-refractivity contribution in [3.8, 4) is 0 Å². The van der Waals surface area contributed by atoms with Crippen LogP contribution in [0.1, 0.15) is 41.8 Å². The van der Waals surface area contributed by atoms with Crippen LogP contribution in [0.2, 0.25) is 0 Å². The van der Waals surface area contributed by atoms with Crippen LogP contribution in [0.4, 0.5) is 0 Å². The van der Waals surface area contributed by atoms with Crippen LogP contribution in [0.25, 0.3) is 11.0 Å². The summed E-state index contributed by atoms with van der Waals surface area (Å²) in [7, 11) is 0. The molecule has 0 aliphatic heterocycles. The van der Waals surface area contributed by atoms with Crippen molar-refractivity contribution >= 4 is 16.9 Å². The predicted octanol–water partition coefficient (Wildman–Crippen LogP) is 3.41. The van der Waals surface area contributed by atoms with E-state index < -0.39 is 5.97 Å². The Kier molecular flexibility index (Phi) is 3.00. The summed E-state index contributed by atoms with van der Waals surface area (Å²) in [5.41, 5.74) is 1.44. The number of benzene rings is 1. The highest BCUT2D eigenvalue weighted by Crippen LogP contribution is 2.44. The first-order valence-electron chi connectivity index (χ1n) is 7.71. The molecule has 0 atom stereocenters. The Morgan fingerprint density at radius 1 is 1.24 bits per heavy atom. The first-order chi connectivity index (χ1) is 10.2. The molecule has 2 aliphatic carbocycles. The number of para-hydroxylation sites is 1. The fraction of sp³-hybridized carbons (Fsp3) is 0.471. The fourth-order valence-electron chi connectivity index (χ4n) is 3.30. The van der Waals surface area contributed by atoms with E-state index in [2.05, 4.69) is 5.32 Å². The highest BCUT2D eigenvalue weighted by Gasteiger charge is 2.41. The summed E-state index contributed by atoms with van der Waals surface area (Å²) < 4.78 is 5.51. The molecule has 0 radical (unpaired) electrons. The average Bonchev–Trinajstić information content (AvgIpc) is 3.37. The number of rotatable bonds is 6. The highest BCUT2D eigenvalue weighted by atomic mass is 16.4. The van der Waals surface area contributed by atoms with Gasteiger partial charge in [0.15, 0.2) is 0 Å². The smallest absolute Gasteiger partial charge is 0.372 e. The first-order valence-corrected chi connectivity index (χ1v) is 7.71. The normalized spacial score (nSPS) is 18.5. The zero-order chi connectivity index (χ0) is 14.4. The van der Waals surface area contributed by atoms with E-state index in [1.54, 1.807) is 0 Å². The molecular weight excluding hydrogens is 266 g/mol. The van der Waals surface area contributed by atoms with E-state index in [9.17, 15) is 9.90 Å². The van der Waals surface area contributed by atoms with E-state index in [1.807, 2.05) is 24.3 Å². The zero-order valence-corrected chi connectivity index (χ0v) is 11.8. The number of aromatic carboxylic acids is 1. The zero-order valence-electron chi connectivity index (χ0n) is 11.8. The minimum Gasteiger partial charge on any atom is -0.475 e. The lowest BCUT2D eigenvalue weighted by Gasteiger charge is -2.17. The topological polar surface area (TPSA) is 62.5 Å². The predicted molar refractivity (Wildman–Crippen MR) is 79.2 cm³/mol. The minimum absolute atomic E-state index is 0.0778. The molecule has 4 rings (SSSR count). The summed E-state index contributed by atoms with van der Waals surface area (Å²) in [5, 5.41) is 13.9. The van der Waals surface area contributed by atoms with Gasteiger partial charge in [-0.1, -0.05) is 18.2 Å². The second-order valence-corrected chi connectivity index (χ2v) is 6.29. The Morgan fingerprint density at radius 2 is 1.90 bits per heavy atom. The first kappa shape index (κ1) is 12.9. The van der Waals surface area contributed by atoms with E-state index in [-0.39, 0.29) is 5.76 Å². The van der Waals surface area contributed by atoms with Crippen molar-refractivity contribution < 1.29 is 14.3 Å². The molecule has 1 heterocycles. The summed E-state index contributed by atoms with van der Waals surface area (Å²) in [6.07, 6.45) is 5.25. The van der Waals surface area contributed by atoms with Crippen LogP contribution in [0.15, 0.2) is 28.7 Å².